The average Bonchev–Trinajstić information content (AvgIpc) is 3.14. The monoisotopic (exact) mass is 393 g/mol. The molecular weight excluding hydrogens is 374 g/mol. The summed E-state index contributed by atoms with van der Waals surface area (Å²) in [6.45, 7) is 1.78. The molecule has 3 rings (SSSR count). The maximum atomic E-state index is 12.8. The van der Waals surface area contributed by atoms with E-state index in [-0.39, 0.29) is 16.8 Å². The van der Waals surface area contributed by atoms with Crippen LogP contribution in [0.25, 0.3) is 5.69 Å². The second kappa shape index (κ2) is 8.39. The van der Waals surface area contributed by atoms with Gasteiger partial charge in [-0.25, -0.2) is 14.3 Å². The number of hydrogen-bond donors (Lipinski definition) is 1. The number of hydrogen-bond acceptors (Lipinski definition) is 6. The first kappa shape index (κ1) is 19.8. The van der Waals surface area contributed by atoms with Crippen molar-refractivity contribution in [2.24, 2.45) is 0 Å². The molecule has 3 aromatic rings. The highest BCUT2D eigenvalue weighted by Gasteiger charge is 2.18. The zero-order chi connectivity index (χ0) is 21.0. The second-order valence-electron chi connectivity index (χ2n) is 6.13. The summed E-state index contributed by atoms with van der Waals surface area (Å²) in [5.41, 5.74) is 2.31. The van der Waals surface area contributed by atoms with E-state index < -0.39 is 17.8 Å². The lowest BCUT2D eigenvalue weighted by atomic mass is 10.1. The molecule has 0 fully saturated rings. The Kier molecular flexibility index (Phi) is 5.73. The number of amides is 1. The summed E-state index contributed by atoms with van der Waals surface area (Å²) in [6, 6.07) is 13.6. The molecule has 1 heterocycles. The van der Waals surface area contributed by atoms with Gasteiger partial charge in [-0.3, -0.25) is 4.79 Å². The summed E-state index contributed by atoms with van der Waals surface area (Å²) in [7, 11) is 2.46. The lowest BCUT2D eigenvalue weighted by Gasteiger charge is -2.10. The van der Waals surface area contributed by atoms with Crippen molar-refractivity contribution < 1.29 is 23.9 Å². The van der Waals surface area contributed by atoms with E-state index in [2.05, 4.69) is 10.4 Å². The Balaban J connectivity index is 1.92. The maximum Gasteiger partial charge on any atom is 0.337 e. The zero-order valence-electron chi connectivity index (χ0n) is 16.1. The van der Waals surface area contributed by atoms with Gasteiger partial charge in [-0.15, -0.1) is 0 Å². The zero-order valence-corrected chi connectivity index (χ0v) is 16.1. The topological polar surface area (TPSA) is 99.5 Å². The van der Waals surface area contributed by atoms with Crippen molar-refractivity contribution in [3.05, 3.63) is 77.1 Å². The molecule has 0 radical (unpaired) electrons. The molecule has 2 aromatic carbocycles. The Bertz CT molecular complexity index is 1040. The molecule has 1 aromatic heterocycles. The van der Waals surface area contributed by atoms with Gasteiger partial charge >= 0.3 is 11.9 Å². The Hall–Kier alpha value is -3.94. The first-order valence-electron chi connectivity index (χ1n) is 8.67. The van der Waals surface area contributed by atoms with Gasteiger partial charge in [0.25, 0.3) is 5.91 Å². The van der Waals surface area contributed by atoms with E-state index in [0.717, 1.165) is 5.69 Å². The molecular formula is C21H19N3O5. The molecule has 148 valence electrons. The minimum Gasteiger partial charge on any atom is -0.465 e. The van der Waals surface area contributed by atoms with Gasteiger partial charge in [-0.2, -0.15) is 5.10 Å². The standard InChI is InChI=1S/C21H19N3O5/c1-13-18(12-22-24(13)17-7-5-4-6-8-17)19(25)23-16-10-14(20(26)28-2)9-15(11-16)21(27)29-3/h4-12H,1-3H3,(H,23,25). The van der Waals surface area contributed by atoms with Crippen LogP contribution < -0.4 is 5.32 Å². The van der Waals surface area contributed by atoms with Crippen LogP contribution in [0.1, 0.15) is 36.8 Å². The predicted molar refractivity (Wildman–Crippen MR) is 105 cm³/mol. The third kappa shape index (κ3) is 4.16. The summed E-state index contributed by atoms with van der Waals surface area (Å²) in [6.07, 6.45) is 1.46. The van der Waals surface area contributed by atoms with Crippen LogP contribution in [0, 0.1) is 6.92 Å². The van der Waals surface area contributed by atoms with Gasteiger partial charge in [0, 0.05) is 5.69 Å². The van der Waals surface area contributed by atoms with Crippen molar-refractivity contribution in [3.8, 4) is 5.69 Å². The summed E-state index contributed by atoms with van der Waals surface area (Å²) in [4.78, 5) is 36.6. The van der Waals surface area contributed by atoms with Crippen molar-refractivity contribution in [1.82, 2.24) is 9.78 Å². The van der Waals surface area contributed by atoms with E-state index in [0.29, 0.717) is 11.3 Å². The third-order valence-corrected chi connectivity index (χ3v) is 4.29. The minimum absolute atomic E-state index is 0.113. The smallest absolute Gasteiger partial charge is 0.337 e. The van der Waals surface area contributed by atoms with Crippen molar-refractivity contribution in [3.63, 3.8) is 0 Å². The van der Waals surface area contributed by atoms with Crippen LogP contribution in [0.2, 0.25) is 0 Å². The minimum atomic E-state index is -0.640. The van der Waals surface area contributed by atoms with Gasteiger partial charge < -0.3 is 14.8 Å². The number of methoxy groups -OCH3 is 2. The van der Waals surface area contributed by atoms with E-state index in [1.54, 1.807) is 11.6 Å². The summed E-state index contributed by atoms with van der Waals surface area (Å²) in [5.74, 6) is -1.71. The number of anilines is 1. The number of nitrogens with zero attached hydrogens (tertiary/aromatic N) is 2. The van der Waals surface area contributed by atoms with E-state index in [1.807, 2.05) is 30.3 Å². The van der Waals surface area contributed by atoms with Gasteiger partial charge in [0.05, 0.1) is 48.5 Å². The molecule has 0 aliphatic rings. The molecule has 0 saturated carbocycles. The van der Waals surface area contributed by atoms with Crippen LogP contribution >= 0.6 is 0 Å². The Labute approximate surface area is 167 Å². The number of carbonyl (C=O) groups is 3. The number of nitrogens with one attached hydrogen (secondary N) is 1. The highest BCUT2D eigenvalue weighted by atomic mass is 16.5. The van der Waals surface area contributed by atoms with Gasteiger partial charge in [-0.1, -0.05) is 18.2 Å². The number of rotatable bonds is 5. The molecule has 0 unspecified atom stereocenters. The molecule has 0 aliphatic carbocycles. The fourth-order valence-corrected chi connectivity index (χ4v) is 2.83. The molecule has 8 nitrogen and oxygen atoms in total. The lowest BCUT2D eigenvalue weighted by Crippen LogP contribution is -2.15. The molecule has 29 heavy (non-hydrogen) atoms. The van der Waals surface area contributed by atoms with Crippen LogP contribution in [0.4, 0.5) is 5.69 Å². The van der Waals surface area contributed by atoms with Crippen LogP contribution in [0.5, 0.6) is 0 Å². The van der Waals surface area contributed by atoms with Gasteiger partial charge in [0.15, 0.2) is 0 Å². The maximum absolute atomic E-state index is 12.8. The van der Waals surface area contributed by atoms with E-state index in [4.69, 9.17) is 9.47 Å². The number of benzene rings is 2. The Morgan fingerprint density at radius 3 is 2.07 bits per heavy atom. The van der Waals surface area contributed by atoms with Crippen LogP contribution in [0.3, 0.4) is 0 Å². The summed E-state index contributed by atoms with van der Waals surface area (Å²) >= 11 is 0. The molecule has 8 heteroatoms. The van der Waals surface area contributed by atoms with Crippen molar-refractivity contribution >= 4 is 23.5 Å². The molecule has 0 aliphatic heterocycles. The van der Waals surface area contributed by atoms with E-state index in [9.17, 15) is 14.4 Å². The summed E-state index contributed by atoms with van der Waals surface area (Å²) < 4.78 is 11.1. The van der Waals surface area contributed by atoms with E-state index in [1.165, 1.54) is 38.6 Å². The predicted octanol–water partition coefficient (Wildman–Crippen LogP) is 3.01. The molecule has 0 saturated heterocycles. The van der Waals surface area contributed by atoms with Gasteiger partial charge in [-0.05, 0) is 37.3 Å². The summed E-state index contributed by atoms with van der Waals surface area (Å²) in [5, 5.41) is 6.97. The number of ether oxygens (including phenoxy) is 2. The van der Waals surface area contributed by atoms with Gasteiger partial charge in [0.2, 0.25) is 0 Å². The molecule has 0 atom stereocenters. The Morgan fingerprint density at radius 2 is 1.52 bits per heavy atom. The molecule has 0 bridgehead atoms. The van der Waals surface area contributed by atoms with Crippen molar-refractivity contribution in [2.45, 2.75) is 6.92 Å². The number of aromatic nitrogens is 2. The highest BCUT2D eigenvalue weighted by molar-refractivity contribution is 6.06. The first-order valence-corrected chi connectivity index (χ1v) is 8.67. The average molecular weight is 393 g/mol. The van der Waals surface area contributed by atoms with Crippen molar-refractivity contribution in [2.75, 3.05) is 19.5 Å². The number of para-hydroxylation sites is 1. The fraction of sp³-hybridized carbons (Fsp3) is 0.143. The molecule has 1 N–H and O–H groups in total. The first-order chi connectivity index (χ1) is 13.9. The normalized spacial score (nSPS) is 10.3. The fourth-order valence-electron chi connectivity index (χ4n) is 2.83. The van der Waals surface area contributed by atoms with E-state index >= 15 is 0 Å². The Morgan fingerprint density at radius 1 is 0.931 bits per heavy atom. The highest BCUT2D eigenvalue weighted by Crippen LogP contribution is 2.20. The van der Waals surface area contributed by atoms with Crippen molar-refractivity contribution in [1.29, 1.82) is 0 Å². The second-order valence-corrected chi connectivity index (χ2v) is 6.13. The molecule has 0 spiro atoms. The number of carbonyl (C=O) groups excluding carboxylic acids is 3. The third-order valence-electron chi connectivity index (χ3n) is 4.29. The molecule has 1 amide bonds. The van der Waals surface area contributed by atoms with Crippen LogP contribution in [-0.4, -0.2) is 41.8 Å². The largest absolute Gasteiger partial charge is 0.465 e. The SMILES string of the molecule is COC(=O)c1cc(NC(=O)c2cnn(-c3ccccc3)c2C)cc(C(=O)OC)c1. The van der Waals surface area contributed by atoms with Crippen LogP contribution in [0.15, 0.2) is 54.7 Å². The quantitative estimate of drug-likeness (QED) is 0.669. The number of esters is 2. The van der Waals surface area contributed by atoms with Crippen LogP contribution in [-0.2, 0) is 9.47 Å². The van der Waals surface area contributed by atoms with Gasteiger partial charge in [0.1, 0.15) is 0 Å². The lowest BCUT2D eigenvalue weighted by molar-refractivity contribution is 0.0599.